The smallest absolute Gasteiger partial charge is 0.308 e. The molecule has 0 radical (unpaired) electrons. The molecule has 2 atom stereocenters. The maximum atomic E-state index is 13.6. The number of aryl methyl sites for hydroxylation is 1. The number of aliphatic carboxylic acids is 1. The first-order valence-electron chi connectivity index (χ1n) is 7.24. The molecule has 21 heavy (non-hydrogen) atoms. The van der Waals surface area contributed by atoms with Crippen LogP contribution in [-0.2, 0) is 9.59 Å². The fourth-order valence-electron chi connectivity index (χ4n) is 3.09. The molecule has 1 aliphatic rings. The summed E-state index contributed by atoms with van der Waals surface area (Å²) in [5.74, 6) is -2.10. The minimum atomic E-state index is -0.934. The first-order valence-corrected chi connectivity index (χ1v) is 7.24. The predicted molar refractivity (Wildman–Crippen MR) is 76.2 cm³/mol. The van der Waals surface area contributed by atoms with E-state index >= 15 is 0 Å². The lowest BCUT2D eigenvalue weighted by molar-refractivity contribution is -0.146. The number of rotatable bonds is 3. The van der Waals surface area contributed by atoms with E-state index < -0.39 is 23.7 Å². The van der Waals surface area contributed by atoms with Gasteiger partial charge in [0.25, 0.3) is 0 Å². The summed E-state index contributed by atoms with van der Waals surface area (Å²) >= 11 is 0. The summed E-state index contributed by atoms with van der Waals surface area (Å²) in [6.45, 7) is 4.06. The van der Waals surface area contributed by atoms with E-state index in [0.717, 1.165) is 5.56 Å². The Morgan fingerprint density at radius 1 is 1.48 bits per heavy atom. The molecule has 1 amide bonds. The van der Waals surface area contributed by atoms with E-state index in [-0.39, 0.29) is 5.91 Å². The molecule has 1 saturated heterocycles. The first kappa shape index (κ1) is 15.5. The minimum absolute atomic E-state index is 0.0603. The molecule has 0 aromatic heterocycles. The van der Waals surface area contributed by atoms with Gasteiger partial charge in [-0.25, -0.2) is 4.39 Å². The third-order valence-electron chi connectivity index (χ3n) is 4.16. The predicted octanol–water partition coefficient (Wildman–Crippen LogP) is 2.91. The standard InChI is InChI=1S/C16H20FNO3/c1-3-18-14(19)6-4-5-12(16(20)21)15(18)13-9-11(17)8-7-10(13)2/h7-9,12,15H,3-6H2,1-2H3,(H,20,21). The van der Waals surface area contributed by atoms with Crippen LogP contribution in [0.5, 0.6) is 0 Å². The van der Waals surface area contributed by atoms with Gasteiger partial charge >= 0.3 is 5.97 Å². The molecule has 0 saturated carbocycles. The van der Waals surface area contributed by atoms with Crippen LogP contribution in [0, 0.1) is 18.7 Å². The third-order valence-corrected chi connectivity index (χ3v) is 4.16. The van der Waals surface area contributed by atoms with E-state index in [4.69, 9.17) is 0 Å². The number of hydrogen-bond acceptors (Lipinski definition) is 2. The largest absolute Gasteiger partial charge is 0.481 e. The quantitative estimate of drug-likeness (QED) is 0.932. The zero-order valence-electron chi connectivity index (χ0n) is 12.3. The van der Waals surface area contributed by atoms with Gasteiger partial charge in [0.05, 0.1) is 12.0 Å². The summed E-state index contributed by atoms with van der Waals surface area (Å²) in [7, 11) is 0. The molecule has 1 fully saturated rings. The fraction of sp³-hybridized carbons (Fsp3) is 0.500. The molecule has 0 aliphatic carbocycles. The van der Waals surface area contributed by atoms with Crippen molar-refractivity contribution in [3.05, 3.63) is 35.1 Å². The Bertz CT molecular complexity index is 556. The molecule has 1 heterocycles. The first-order chi connectivity index (χ1) is 9.95. The van der Waals surface area contributed by atoms with Crippen LogP contribution in [0.15, 0.2) is 18.2 Å². The zero-order chi connectivity index (χ0) is 15.6. The molecule has 5 heteroatoms. The van der Waals surface area contributed by atoms with Gasteiger partial charge in [0.1, 0.15) is 5.82 Å². The van der Waals surface area contributed by atoms with Crippen LogP contribution in [0.25, 0.3) is 0 Å². The van der Waals surface area contributed by atoms with E-state index in [1.807, 2.05) is 13.8 Å². The number of amides is 1. The van der Waals surface area contributed by atoms with Crippen LogP contribution in [0.4, 0.5) is 4.39 Å². The maximum Gasteiger partial charge on any atom is 0.308 e. The second kappa shape index (κ2) is 6.24. The molecule has 2 unspecified atom stereocenters. The molecule has 1 aromatic rings. The minimum Gasteiger partial charge on any atom is -0.481 e. The second-order valence-corrected chi connectivity index (χ2v) is 5.46. The Hall–Kier alpha value is -1.91. The van der Waals surface area contributed by atoms with Crippen molar-refractivity contribution in [2.75, 3.05) is 6.54 Å². The van der Waals surface area contributed by atoms with Crippen molar-refractivity contribution in [2.45, 2.75) is 39.2 Å². The van der Waals surface area contributed by atoms with Crippen molar-refractivity contribution < 1.29 is 19.1 Å². The molecular weight excluding hydrogens is 273 g/mol. The Labute approximate surface area is 123 Å². The van der Waals surface area contributed by atoms with Crippen molar-refractivity contribution in [1.82, 2.24) is 4.90 Å². The number of hydrogen-bond donors (Lipinski definition) is 1. The highest BCUT2D eigenvalue weighted by Gasteiger charge is 2.38. The Kier molecular flexibility index (Phi) is 4.60. The van der Waals surface area contributed by atoms with Crippen molar-refractivity contribution >= 4 is 11.9 Å². The SMILES string of the molecule is CCN1C(=O)CCCC(C(=O)O)C1c1cc(F)ccc1C. The van der Waals surface area contributed by atoms with E-state index in [0.29, 0.717) is 31.4 Å². The number of benzene rings is 1. The van der Waals surface area contributed by atoms with E-state index in [9.17, 15) is 19.1 Å². The van der Waals surface area contributed by atoms with Gasteiger partial charge in [0.2, 0.25) is 5.91 Å². The number of carboxylic acid groups (broad SMARTS) is 1. The second-order valence-electron chi connectivity index (χ2n) is 5.46. The number of carboxylic acids is 1. The topological polar surface area (TPSA) is 57.6 Å². The van der Waals surface area contributed by atoms with Crippen molar-refractivity contribution in [3.8, 4) is 0 Å². The maximum absolute atomic E-state index is 13.6. The lowest BCUT2D eigenvalue weighted by atomic mass is 9.87. The van der Waals surface area contributed by atoms with Crippen LogP contribution in [0.3, 0.4) is 0 Å². The monoisotopic (exact) mass is 293 g/mol. The summed E-state index contributed by atoms with van der Waals surface area (Å²) in [6, 6.07) is 3.74. The summed E-state index contributed by atoms with van der Waals surface area (Å²) < 4.78 is 13.6. The van der Waals surface area contributed by atoms with Gasteiger partial charge in [-0.15, -0.1) is 0 Å². The summed E-state index contributed by atoms with van der Waals surface area (Å²) in [4.78, 5) is 25.4. The number of likely N-dealkylation sites (tertiary alicyclic amines) is 1. The average molecular weight is 293 g/mol. The van der Waals surface area contributed by atoms with Gasteiger partial charge in [-0.05, 0) is 49.9 Å². The number of carbonyl (C=O) groups excluding carboxylic acids is 1. The van der Waals surface area contributed by atoms with E-state index in [1.54, 1.807) is 11.0 Å². The van der Waals surface area contributed by atoms with Crippen LogP contribution in [-0.4, -0.2) is 28.4 Å². The molecule has 0 spiro atoms. The van der Waals surface area contributed by atoms with Crippen LogP contribution in [0.1, 0.15) is 43.4 Å². The van der Waals surface area contributed by atoms with Crippen molar-refractivity contribution in [2.24, 2.45) is 5.92 Å². The summed E-state index contributed by atoms with van der Waals surface area (Å²) in [5, 5.41) is 9.52. The normalized spacial score (nSPS) is 23.0. The van der Waals surface area contributed by atoms with Gasteiger partial charge in [-0.2, -0.15) is 0 Å². The Morgan fingerprint density at radius 2 is 2.19 bits per heavy atom. The van der Waals surface area contributed by atoms with Gasteiger partial charge in [-0.1, -0.05) is 6.07 Å². The number of nitrogens with zero attached hydrogens (tertiary/aromatic N) is 1. The molecule has 1 N–H and O–H groups in total. The molecule has 1 aromatic carbocycles. The number of halogens is 1. The number of carbonyl (C=O) groups is 2. The van der Waals surface area contributed by atoms with Crippen LogP contribution >= 0.6 is 0 Å². The van der Waals surface area contributed by atoms with Gasteiger partial charge in [0, 0.05) is 13.0 Å². The molecular formula is C16H20FNO3. The fourth-order valence-corrected chi connectivity index (χ4v) is 3.09. The highest BCUT2D eigenvalue weighted by Crippen LogP contribution is 2.37. The average Bonchev–Trinajstić information content (AvgIpc) is 2.60. The van der Waals surface area contributed by atoms with Crippen molar-refractivity contribution in [3.63, 3.8) is 0 Å². The van der Waals surface area contributed by atoms with Gasteiger partial charge < -0.3 is 10.0 Å². The molecule has 4 nitrogen and oxygen atoms in total. The highest BCUT2D eigenvalue weighted by molar-refractivity contribution is 5.80. The van der Waals surface area contributed by atoms with Gasteiger partial charge in [0.15, 0.2) is 0 Å². The zero-order valence-corrected chi connectivity index (χ0v) is 12.3. The third kappa shape index (κ3) is 3.06. The van der Waals surface area contributed by atoms with Crippen molar-refractivity contribution in [1.29, 1.82) is 0 Å². The molecule has 2 rings (SSSR count). The molecule has 114 valence electrons. The lowest BCUT2D eigenvalue weighted by Crippen LogP contribution is -2.39. The summed E-state index contributed by atoms with van der Waals surface area (Å²) in [5.41, 5.74) is 1.40. The molecule has 1 aliphatic heterocycles. The highest BCUT2D eigenvalue weighted by atomic mass is 19.1. The van der Waals surface area contributed by atoms with Crippen LogP contribution < -0.4 is 0 Å². The van der Waals surface area contributed by atoms with E-state index in [2.05, 4.69) is 0 Å². The van der Waals surface area contributed by atoms with Gasteiger partial charge in [-0.3, -0.25) is 9.59 Å². The Morgan fingerprint density at radius 3 is 2.81 bits per heavy atom. The lowest BCUT2D eigenvalue weighted by Gasteiger charge is -2.34. The molecule has 0 bridgehead atoms. The Balaban J connectivity index is 2.56. The van der Waals surface area contributed by atoms with E-state index in [1.165, 1.54) is 12.1 Å². The summed E-state index contributed by atoms with van der Waals surface area (Å²) in [6.07, 6.45) is 1.33. The van der Waals surface area contributed by atoms with Crippen LogP contribution in [0.2, 0.25) is 0 Å².